The zero-order chi connectivity index (χ0) is 12.9. The highest BCUT2D eigenvalue weighted by atomic mass is 16.5. The van der Waals surface area contributed by atoms with E-state index in [2.05, 4.69) is 9.97 Å². The van der Waals surface area contributed by atoms with Crippen molar-refractivity contribution in [3.63, 3.8) is 0 Å². The van der Waals surface area contributed by atoms with Crippen LogP contribution in [0.25, 0.3) is 0 Å². The summed E-state index contributed by atoms with van der Waals surface area (Å²) in [5, 5.41) is 0. The third-order valence-electron chi connectivity index (χ3n) is 2.13. The quantitative estimate of drug-likeness (QED) is 0.787. The van der Waals surface area contributed by atoms with Crippen molar-refractivity contribution >= 4 is 0 Å². The molecule has 5 heteroatoms. The second-order valence-electron chi connectivity index (χ2n) is 4.78. The van der Waals surface area contributed by atoms with Gasteiger partial charge in [-0.1, -0.05) is 0 Å². The molecule has 1 heterocycles. The van der Waals surface area contributed by atoms with Gasteiger partial charge in [-0.3, -0.25) is 0 Å². The number of hydrogen-bond acceptors (Lipinski definition) is 5. The minimum Gasteiger partial charge on any atom is -0.461 e. The monoisotopic (exact) mass is 239 g/mol. The summed E-state index contributed by atoms with van der Waals surface area (Å²) < 4.78 is 10.9. The third kappa shape index (κ3) is 5.10. The molecule has 96 valence electrons. The van der Waals surface area contributed by atoms with Crippen LogP contribution in [0.5, 0.6) is 6.01 Å². The fourth-order valence-electron chi connectivity index (χ4n) is 1.22. The first-order valence-corrected chi connectivity index (χ1v) is 5.72. The molecule has 0 saturated heterocycles. The van der Waals surface area contributed by atoms with E-state index in [-0.39, 0.29) is 5.60 Å². The number of aromatic nitrogens is 2. The van der Waals surface area contributed by atoms with E-state index in [1.807, 2.05) is 27.7 Å². The van der Waals surface area contributed by atoms with E-state index >= 15 is 0 Å². The van der Waals surface area contributed by atoms with E-state index in [1.165, 1.54) is 0 Å². The summed E-state index contributed by atoms with van der Waals surface area (Å²) in [6.45, 7) is 9.31. The number of nitrogens with zero attached hydrogens (tertiary/aromatic N) is 2. The largest absolute Gasteiger partial charge is 0.461 e. The Morgan fingerprint density at radius 2 is 2.00 bits per heavy atom. The molecule has 1 rings (SSSR count). The Morgan fingerprint density at radius 1 is 1.29 bits per heavy atom. The van der Waals surface area contributed by atoms with Crippen LogP contribution in [0.4, 0.5) is 0 Å². The van der Waals surface area contributed by atoms with Gasteiger partial charge in [0.05, 0.1) is 12.2 Å². The molecule has 0 amide bonds. The summed E-state index contributed by atoms with van der Waals surface area (Å²) in [4.78, 5) is 8.28. The molecule has 0 unspecified atom stereocenters. The summed E-state index contributed by atoms with van der Waals surface area (Å²) in [6.07, 6.45) is 1.70. The summed E-state index contributed by atoms with van der Waals surface area (Å²) in [5.74, 6) is 0. The molecular weight excluding hydrogens is 218 g/mol. The number of ether oxygens (including phenoxy) is 2. The van der Waals surface area contributed by atoms with Crippen molar-refractivity contribution in [2.45, 2.75) is 39.8 Å². The summed E-state index contributed by atoms with van der Waals surface area (Å²) in [7, 11) is 0. The lowest BCUT2D eigenvalue weighted by atomic mass is 10.2. The molecule has 0 spiro atoms. The Kier molecular flexibility index (Phi) is 4.84. The van der Waals surface area contributed by atoms with E-state index < -0.39 is 0 Å². The number of rotatable bonds is 5. The lowest BCUT2D eigenvalue weighted by Crippen LogP contribution is -2.22. The molecule has 0 aliphatic rings. The van der Waals surface area contributed by atoms with Gasteiger partial charge in [0.25, 0.3) is 0 Å². The second-order valence-corrected chi connectivity index (χ2v) is 4.78. The van der Waals surface area contributed by atoms with Crippen molar-refractivity contribution in [1.82, 2.24) is 9.97 Å². The zero-order valence-corrected chi connectivity index (χ0v) is 11.0. The summed E-state index contributed by atoms with van der Waals surface area (Å²) >= 11 is 0. The predicted molar refractivity (Wildman–Crippen MR) is 65.9 cm³/mol. The first-order chi connectivity index (χ1) is 7.92. The molecular formula is C12H21N3O2. The molecule has 17 heavy (non-hydrogen) atoms. The molecule has 1 aromatic heterocycles. The van der Waals surface area contributed by atoms with Crippen molar-refractivity contribution in [1.29, 1.82) is 0 Å². The van der Waals surface area contributed by atoms with E-state index in [9.17, 15) is 0 Å². The lowest BCUT2D eigenvalue weighted by molar-refractivity contribution is -0.0174. The van der Waals surface area contributed by atoms with Crippen LogP contribution in [-0.4, -0.2) is 28.8 Å². The average molecular weight is 239 g/mol. The van der Waals surface area contributed by atoms with Crippen molar-refractivity contribution in [2.24, 2.45) is 5.73 Å². The van der Waals surface area contributed by atoms with Gasteiger partial charge in [0.2, 0.25) is 0 Å². The highest BCUT2D eigenvalue weighted by Crippen LogP contribution is 2.09. The van der Waals surface area contributed by atoms with Crippen molar-refractivity contribution in [3.8, 4) is 6.01 Å². The topological polar surface area (TPSA) is 70.3 Å². The van der Waals surface area contributed by atoms with Crippen LogP contribution in [0.1, 0.15) is 32.0 Å². The Morgan fingerprint density at radius 3 is 2.53 bits per heavy atom. The maximum Gasteiger partial charge on any atom is 0.316 e. The van der Waals surface area contributed by atoms with Gasteiger partial charge < -0.3 is 15.2 Å². The Balaban J connectivity index is 2.40. The maximum absolute atomic E-state index is 5.53. The Labute approximate surface area is 102 Å². The van der Waals surface area contributed by atoms with E-state index in [0.29, 0.717) is 25.8 Å². The summed E-state index contributed by atoms with van der Waals surface area (Å²) in [5.41, 5.74) is 7.17. The molecule has 5 nitrogen and oxygen atoms in total. The van der Waals surface area contributed by atoms with Crippen molar-refractivity contribution < 1.29 is 9.47 Å². The van der Waals surface area contributed by atoms with Crippen LogP contribution < -0.4 is 10.5 Å². The van der Waals surface area contributed by atoms with Crippen LogP contribution in [0.15, 0.2) is 6.20 Å². The van der Waals surface area contributed by atoms with Gasteiger partial charge in [0, 0.05) is 24.0 Å². The number of aryl methyl sites for hydroxylation is 1. The molecule has 0 fully saturated rings. The number of hydrogen-bond donors (Lipinski definition) is 1. The van der Waals surface area contributed by atoms with Gasteiger partial charge in [-0.25, -0.2) is 9.97 Å². The van der Waals surface area contributed by atoms with E-state index in [0.717, 1.165) is 11.3 Å². The third-order valence-corrected chi connectivity index (χ3v) is 2.13. The van der Waals surface area contributed by atoms with Gasteiger partial charge in [0.1, 0.15) is 6.61 Å². The zero-order valence-electron chi connectivity index (χ0n) is 11.0. The van der Waals surface area contributed by atoms with Crippen molar-refractivity contribution in [2.75, 3.05) is 13.2 Å². The molecule has 1 aromatic rings. The Hall–Kier alpha value is -1.20. The lowest BCUT2D eigenvalue weighted by Gasteiger charge is -2.19. The number of nitrogens with two attached hydrogens (primary N) is 1. The SMILES string of the molecule is Cc1nc(OCCOC(C)(C)C)ncc1CN. The summed E-state index contributed by atoms with van der Waals surface area (Å²) in [6, 6.07) is 0.372. The molecule has 2 N–H and O–H groups in total. The highest BCUT2D eigenvalue weighted by Gasteiger charge is 2.09. The van der Waals surface area contributed by atoms with Gasteiger partial charge in [-0.15, -0.1) is 0 Å². The molecule has 0 atom stereocenters. The minimum atomic E-state index is -0.149. The van der Waals surface area contributed by atoms with Crippen LogP contribution in [-0.2, 0) is 11.3 Å². The van der Waals surface area contributed by atoms with Crippen LogP contribution in [0.2, 0.25) is 0 Å². The van der Waals surface area contributed by atoms with Gasteiger partial charge in [-0.2, -0.15) is 0 Å². The molecule has 0 aliphatic carbocycles. The molecule has 0 bridgehead atoms. The normalized spacial score (nSPS) is 11.6. The van der Waals surface area contributed by atoms with Crippen LogP contribution >= 0.6 is 0 Å². The van der Waals surface area contributed by atoms with Gasteiger partial charge in [0.15, 0.2) is 0 Å². The fourth-order valence-corrected chi connectivity index (χ4v) is 1.22. The first-order valence-electron chi connectivity index (χ1n) is 5.72. The first kappa shape index (κ1) is 13.9. The smallest absolute Gasteiger partial charge is 0.316 e. The van der Waals surface area contributed by atoms with Gasteiger partial charge >= 0.3 is 6.01 Å². The van der Waals surface area contributed by atoms with Crippen molar-refractivity contribution in [3.05, 3.63) is 17.5 Å². The fraction of sp³-hybridized carbons (Fsp3) is 0.667. The maximum atomic E-state index is 5.53. The highest BCUT2D eigenvalue weighted by molar-refractivity contribution is 5.17. The molecule has 0 aliphatic heterocycles. The second kappa shape index (κ2) is 5.93. The molecule has 0 radical (unpaired) electrons. The van der Waals surface area contributed by atoms with Crippen LogP contribution in [0, 0.1) is 6.92 Å². The van der Waals surface area contributed by atoms with E-state index in [4.69, 9.17) is 15.2 Å². The minimum absolute atomic E-state index is 0.149. The molecule has 0 aromatic carbocycles. The van der Waals surface area contributed by atoms with E-state index in [1.54, 1.807) is 6.20 Å². The van der Waals surface area contributed by atoms with Gasteiger partial charge in [-0.05, 0) is 27.7 Å². The average Bonchev–Trinajstić information content (AvgIpc) is 2.23. The predicted octanol–water partition coefficient (Wildman–Crippen LogP) is 1.44. The van der Waals surface area contributed by atoms with Crippen LogP contribution in [0.3, 0.4) is 0 Å². The molecule has 0 saturated carbocycles. The standard InChI is InChI=1S/C12H21N3O2/c1-9-10(7-13)8-14-11(15-9)16-5-6-17-12(2,3)4/h8H,5-7,13H2,1-4H3. The Bertz CT molecular complexity index is 361.